The van der Waals surface area contributed by atoms with Crippen molar-refractivity contribution >= 4 is 79.1 Å². The van der Waals surface area contributed by atoms with Crippen molar-refractivity contribution in [3.05, 3.63) is 76.7 Å². The molecule has 5 heterocycles. The molecule has 8 bridgehead atoms. The van der Waals surface area contributed by atoms with Crippen LogP contribution >= 0.6 is 0 Å². The third-order valence-corrected chi connectivity index (χ3v) is 27.6. The molecular formula is C86H120N5O19S2-. The number of ketones is 4. The standard InChI is InChI=1S/C38H53N3O9S.C29H39NO7.C10H17NO3S.C7H3.2CH4/c1-6-26-17-38(26,35(45)39-51(47,48)28-12-13-28)18-33(43)31-15-27-20-41(31)34(44)30(37(3,4)5)16-32(42)23(2)22-49-14-8-11-24-9-7-10-25-19-40(21-29(24)25)36(46)50-27;1-17-16-36-10-6-9-18-7-5-8-19-14-30(15-23(18)19)28(35)37-20-11-21(22(12-20)27(33)34)26(32)24(13-25(17)31)29(2,3)4;1-3-7-6-10(7,2)9(12)11-15(13,14)8-4-5-8;1-3-5-7-6-4-2;;/h7,9-10,23,26-28,30-31H,6,8,11-22H2,1-5H3,(H,39,45);5,7-8,17,20-22,24H,6,9-16H2,1-4H3,(H,33,34);7-8H,3-6H2,1-2H3,(H,11,12);1H,2H2;2*1H4/q;;;-1;;/t23-,26+,27+,30+,31-,38+;17-,20-,21?,22+,24+;7-,10+;;;/m001.../s1. The SMILES string of the molecule is C.C.C#CC#CC#C[CH2-].CC[C@@H]1C[C@]1(C)C(=O)NS(=O)(=O)C1CC1.CC[C@@H]1C[C@]1(CC(=O)[C@@H]1C[C@@H]2CN1C(=O)[C@H](C(C)(C)C)CC(=O)[C@@H](C)COCCCc1cccc3c1CN(C3)C(=O)O2)C(=O)NS(=O)(=O)C1CC1.C[C@H]1COCCCc2cccc3c2CN(C3)C(=O)O[C@H]2CC(C(=O)[C@H](C(C)(C)C)CC1=O)[C@H](C(=O)O)C2. The number of nitrogens with one attached hydrogen (secondary N) is 2. The molecule has 112 heavy (non-hydrogen) atoms. The molecule has 5 amide bonds. The zero-order chi connectivity index (χ0) is 80.6. The van der Waals surface area contributed by atoms with Gasteiger partial charge in [-0.1, -0.05) is 140 Å². The van der Waals surface area contributed by atoms with Crippen LogP contribution in [-0.4, -0.2) is 157 Å². The summed E-state index contributed by atoms with van der Waals surface area (Å²) in [4.78, 5) is 138. The summed E-state index contributed by atoms with van der Waals surface area (Å²) in [6.07, 6.45) is 10.6. The molecule has 5 aliphatic heterocycles. The number of rotatable bonds is 12. The summed E-state index contributed by atoms with van der Waals surface area (Å²) in [5.41, 5.74) is 3.86. The van der Waals surface area contributed by atoms with Gasteiger partial charge in [0.05, 0.1) is 53.0 Å². The van der Waals surface area contributed by atoms with Gasteiger partial charge >= 0.3 is 18.2 Å². The number of terminal acetylenes is 1. The van der Waals surface area contributed by atoms with Gasteiger partial charge in [0, 0.05) is 94.7 Å². The molecule has 12 rings (SSSR count). The van der Waals surface area contributed by atoms with Gasteiger partial charge in [0.2, 0.25) is 37.8 Å². The van der Waals surface area contributed by atoms with Gasteiger partial charge in [0.25, 0.3) is 0 Å². The summed E-state index contributed by atoms with van der Waals surface area (Å²) in [5.74, 6) is 4.57. The van der Waals surface area contributed by atoms with Crippen molar-refractivity contribution in [2.24, 2.45) is 69.0 Å². The molecule has 1 unspecified atom stereocenters. The van der Waals surface area contributed by atoms with Gasteiger partial charge in [0.1, 0.15) is 29.6 Å². The van der Waals surface area contributed by atoms with Crippen LogP contribution in [0.3, 0.4) is 0 Å². The summed E-state index contributed by atoms with van der Waals surface area (Å²) < 4.78 is 76.6. The predicted octanol–water partition coefficient (Wildman–Crippen LogP) is 11.5. The van der Waals surface area contributed by atoms with E-state index in [0.29, 0.717) is 83.8 Å². The molecular weight excluding hydrogens is 1470 g/mol. The molecule has 1 saturated heterocycles. The Morgan fingerprint density at radius 2 is 1.12 bits per heavy atom. The number of carboxylic acid groups (broad SMARTS) is 1. The molecule has 616 valence electrons. The van der Waals surface area contributed by atoms with Crippen LogP contribution in [0.1, 0.15) is 227 Å². The Hall–Kier alpha value is -8.09. The zero-order valence-corrected chi connectivity index (χ0v) is 67.4. The lowest BCUT2D eigenvalue weighted by Crippen LogP contribution is -2.49. The molecule has 26 heteroatoms. The number of aliphatic carboxylic acids is 1. The summed E-state index contributed by atoms with van der Waals surface area (Å²) in [6.45, 7) is 27.1. The molecule has 5 aliphatic carbocycles. The quantitative estimate of drug-likeness (QED) is 0.131. The van der Waals surface area contributed by atoms with Crippen LogP contribution in [0.25, 0.3) is 0 Å². The Morgan fingerprint density at radius 3 is 1.57 bits per heavy atom. The number of fused-ring (bicyclic) bond motifs is 6. The minimum Gasteiger partial charge on any atom is -0.481 e. The van der Waals surface area contributed by atoms with Crippen LogP contribution in [-0.2, 0) is 116 Å². The van der Waals surface area contributed by atoms with E-state index in [4.69, 9.17) is 25.4 Å². The number of carbonyl (C=O) groups excluding carboxylic acids is 9. The van der Waals surface area contributed by atoms with Crippen LogP contribution in [0.15, 0.2) is 36.4 Å². The second kappa shape index (κ2) is 37.9. The minimum atomic E-state index is -3.82. The number of amides is 5. The predicted molar refractivity (Wildman–Crippen MR) is 423 cm³/mol. The van der Waals surface area contributed by atoms with Crippen molar-refractivity contribution in [1.29, 1.82) is 0 Å². The minimum absolute atomic E-state index is 0. The van der Waals surface area contributed by atoms with E-state index >= 15 is 0 Å². The second-order valence-corrected chi connectivity index (χ2v) is 38.1. The van der Waals surface area contributed by atoms with Crippen LogP contribution in [0, 0.1) is 112 Å². The van der Waals surface area contributed by atoms with E-state index in [9.17, 15) is 69.9 Å². The summed E-state index contributed by atoms with van der Waals surface area (Å²) in [6, 6.07) is 11.1. The monoisotopic (exact) mass is 1590 g/mol. The number of carboxylic acids is 1. The maximum atomic E-state index is 14.6. The zero-order valence-electron chi connectivity index (χ0n) is 65.8. The number of carbonyl (C=O) groups is 10. The molecule has 2 aromatic rings. The van der Waals surface area contributed by atoms with Gasteiger partial charge < -0.3 is 29.0 Å². The summed E-state index contributed by atoms with van der Waals surface area (Å²) in [5, 5.41) is 9.01. The van der Waals surface area contributed by atoms with Gasteiger partial charge in [-0.05, 0) is 145 Å². The molecule has 0 radical (unpaired) electrons. The van der Waals surface area contributed by atoms with Crippen molar-refractivity contribution < 1.29 is 88.8 Å². The van der Waals surface area contributed by atoms with Crippen molar-refractivity contribution in [2.45, 2.75) is 262 Å². The van der Waals surface area contributed by atoms with E-state index in [0.717, 1.165) is 66.3 Å². The molecule has 5 saturated carbocycles. The number of hydrogen-bond donors (Lipinski definition) is 3. The number of hydrogen-bond acceptors (Lipinski definition) is 18. The lowest BCUT2D eigenvalue weighted by Gasteiger charge is -2.35. The smallest absolute Gasteiger partial charge is 0.410 e. The Bertz CT molecular complexity index is 4260. The fourth-order valence-electron chi connectivity index (χ4n) is 16.3. The van der Waals surface area contributed by atoms with Gasteiger partial charge in [-0.3, -0.25) is 63.5 Å². The molecule has 6 fully saturated rings. The van der Waals surface area contributed by atoms with Crippen molar-refractivity contribution in [3.8, 4) is 36.0 Å². The van der Waals surface area contributed by atoms with Crippen LogP contribution in [0.5, 0.6) is 0 Å². The first-order chi connectivity index (χ1) is 51.8. The number of ether oxygens (including phenoxy) is 4. The first-order valence-corrected chi connectivity index (χ1v) is 42.2. The number of aryl methyl sites for hydroxylation is 2. The Kier molecular flexibility index (Phi) is 30.8. The summed E-state index contributed by atoms with van der Waals surface area (Å²) in [7, 11) is -7.18. The van der Waals surface area contributed by atoms with Crippen molar-refractivity contribution in [3.63, 3.8) is 0 Å². The Labute approximate surface area is 664 Å². The molecule has 24 nitrogen and oxygen atoms in total. The highest BCUT2D eigenvalue weighted by Crippen LogP contribution is 2.58. The highest BCUT2D eigenvalue weighted by molar-refractivity contribution is 7.91. The third-order valence-electron chi connectivity index (χ3n) is 24.0. The molecule has 13 atom stereocenters. The second-order valence-electron chi connectivity index (χ2n) is 34.2. The number of Topliss-reactive ketones (excluding diaryl/α,β-unsaturated/α-hetero) is 4. The van der Waals surface area contributed by atoms with Gasteiger partial charge in [-0.15, -0.1) is 12.3 Å². The molecule has 2 aromatic carbocycles. The fourth-order valence-corrected chi connectivity index (χ4v) is 19.1. The van der Waals surface area contributed by atoms with Crippen molar-refractivity contribution in [2.75, 3.05) is 33.0 Å². The van der Waals surface area contributed by atoms with Crippen LogP contribution in [0.4, 0.5) is 9.59 Å². The van der Waals surface area contributed by atoms with E-state index in [1.54, 1.807) is 16.7 Å². The highest BCUT2D eigenvalue weighted by atomic mass is 32.2. The molecule has 3 N–H and O–H groups in total. The number of nitrogens with zero attached hydrogens (tertiary/aromatic N) is 3. The van der Waals surface area contributed by atoms with Gasteiger partial charge in [-0.25, -0.2) is 32.3 Å². The average molecular weight is 1590 g/mol. The molecule has 10 aliphatic rings. The molecule has 0 aromatic heterocycles. The Morgan fingerprint density at radius 1 is 0.643 bits per heavy atom. The van der Waals surface area contributed by atoms with Crippen molar-refractivity contribution in [1.82, 2.24) is 24.1 Å². The van der Waals surface area contributed by atoms with Crippen LogP contribution in [0.2, 0.25) is 0 Å². The summed E-state index contributed by atoms with van der Waals surface area (Å²) >= 11 is 0. The molecule has 0 spiro atoms. The van der Waals surface area contributed by atoms with Gasteiger partial charge in [0.15, 0.2) is 5.78 Å². The Balaban J connectivity index is 0.000000247. The van der Waals surface area contributed by atoms with E-state index < -0.39 is 119 Å². The number of benzene rings is 2. The number of sulfonamides is 2. The van der Waals surface area contributed by atoms with Crippen LogP contribution < -0.4 is 9.44 Å². The third kappa shape index (κ3) is 22.5. The lowest BCUT2D eigenvalue weighted by molar-refractivity contribution is -0.147. The van der Waals surface area contributed by atoms with E-state index in [2.05, 4.69) is 58.1 Å². The van der Waals surface area contributed by atoms with Gasteiger partial charge in [-0.2, -0.15) is 6.92 Å². The van der Waals surface area contributed by atoms with E-state index in [1.807, 2.05) is 93.5 Å². The fraction of sp³-hybridized carbons (Fsp3) is 0.663. The average Bonchev–Trinajstić information content (AvgIpc) is 1.64. The maximum Gasteiger partial charge on any atom is 0.410 e. The highest BCUT2D eigenvalue weighted by Gasteiger charge is 2.62. The first kappa shape index (κ1) is 91.1. The topological polar surface area (TPSA) is 330 Å². The largest absolute Gasteiger partial charge is 0.481 e. The maximum absolute atomic E-state index is 14.6. The van der Waals surface area contributed by atoms with E-state index in [-0.39, 0.29) is 125 Å². The lowest BCUT2D eigenvalue weighted by atomic mass is 9.70. The van der Waals surface area contributed by atoms with E-state index in [1.165, 1.54) is 10.5 Å². The first-order valence-electron chi connectivity index (χ1n) is 39.1. The normalized spacial score (nSPS) is 28.7.